The van der Waals surface area contributed by atoms with Gasteiger partial charge in [-0.1, -0.05) is 43.2 Å². The summed E-state index contributed by atoms with van der Waals surface area (Å²) in [4.78, 5) is 33.8. The molecule has 0 saturated heterocycles. The molecule has 5 rings (SSSR count). The molecule has 1 aliphatic carbocycles. The van der Waals surface area contributed by atoms with Crippen LogP contribution in [0.15, 0.2) is 61.3 Å². The number of rotatable bonds is 7. The standard InChI is InChI=1S/C26H25N7O3/c27-12-10-21(17-6-4-5-7-17)33-15-19(14-31-33)22-20-11-13-32(24(20)30-16-29-22)25(34)23(36-26(28)35)18-8-2-1-3-9-18/h1-3,8-9,11,13-17,21,23H,4-7,10H2,(H2,28,35)/t21-,23+/m1/s1. The fourth-order valence-electron chi connectivity index (χ4n) is 5.04. The molecule has 3 heterocycles. The van der Waals surface area contributed by atoms with Gasteiger partial charge in [-0.05, 0) is 24.8 Å². The highest BCUT2D eigenvalue weighted by Crippen LogP contribution is 2.37. The molecule has 1 aliphatic rings. The highest BCUT2D eigenvalue weighted by molar-refractivity contribution is 5.98. The van der Waals surface area contributed by atoms with E-state index in [2.05, 4.69) is 21.1 Å². The Morgan fingerprint density at radius 1 is 1.17 bits per heavy atom. The third-order valence-electron chi connectivity index (χ3n) is 6.74. The number of hydrogen-bond acceptors (Lipinski definition) is 7. The second-order valence-electron chi connectivity index (χ2n) is 8.89. The van der Waals surface area contributed by atoms with E-state index in [0.29, 0.717) is 34.6 Å². The van der Waals surface area contributed by atoms with Gasteiger partial charge in [0.2, 0.25) is 6.10 Å². The Kier molecular flexibility index (Phi) is 6.45. The number of hydrogen-bond donors (Lipinski definition) is 1. The van der Waals surface area contributed by atoms with E-state index in [0.717, 1.165) is 18.4 Å². The van der Waals surface area contributed by atoms with E-state index in [1.807, 2.05) is 10.9 Å². The van der Waals surface area contributed by atoms with E-state index in [1.165, 1.54) is 23.7 Å². The third-order valence-corrected chi connectivity index (χ3v) is 6.74. The fourth-order valence-corrected chi connectivity index (χ4v) is 5.04. The number of amides is 1. The molecule has 1 amide bonds. The quantitative estimate of drug-likeness (QED) is 0.410. The Labute approximate surface area is 207 Å². The number of nitriles is 1. The molecule has 2 N–H and O–H groups in total. The van der Waals surface area contributed by atoms with Crippen LogP contribution in [0.2, 0.25) is 0 Å². The zero-order valence-electron chi connectivity index (χ0n) is 19.5. The number of nitrogens with two attached hydrogens (primary N) is 1. The Balaban J connectivity index is 1.50. The molecule has 1 aromatic carbocycles. The highest BCUT2D eigenvalue weighted by Gasteiger charge is 2.29. The van der Waals surface area contributed by atoms with Crippen molar-refractivity contribution in [2.75, 3.05) is 0 Å². The maximum Gasteiger partial charge on any atom is 0.405 e. The van der Waals surface area contributed by atoms with Crippen LogP contribution in [0, 0.1) is 17.2 Å². The molecule has 4 aromatic rings. The van der Waals surface area contributed by atoms with Crippen LogP contribution in [0.1, 0.15) is 54.6 Å². The van der Waals surface area contributed by atoms with Crippen molar-refractivity contribution in [1.82, 2.24) is 24.3 Å². The molecular formula is C26H25N7O3. The molecular weight excluding hydrogens is 458 g/mol. The summed E-state index contributed by atoms with van der Waals surface area (Å²) in [5.41, 5.74) is 7.50. The van der Waals surface area contributed by atoms with Gasteiger partial charge in [-0.15, -0.1) is 0 Å². The van der Waals surface area contributed by atoms with Crippen molar-refractivity contribution in [2.45, 2.75) is 44.2 Å². The van der Waals surface area contributed by atoms with Gasteiger partial charge in [0.15, 0.2) is 5.65 Å². The molecule has 1 fully saturated rings. The van der Waals surface area contributed by atoms with Crippen molar-refractivity contribution in [3.8, 4) is 17.3 Å². The van der Waals surface area contributed by atoms with Gasteiger partial charge in [0, 0.05) is 28.9 Å². The average molecular weight is 484 g/mol. The lowest BCUT2D eigenvalue weighted by Crippen LogP contribution is -2.27. The van der Waals surface area contributed by atoms with Crippen molar-refractivity contribution < 1.29 is 14.3 Å². The fraction of sp³-hybridized carbons (Fsp3) is 0.308. The number of aromatic nitrogens is 5. The molecule has 0 unspecified atom stereocenters. The summed E-state index contributed by atoms with van der Waals surface area (Å²) in [7, 11) is 0. The van der Waals surface area contributed by atoms with Crippen molar-refractivity contribution >= 4 is 23.0 Å². The van der Waals surface area contributed by atoms with Crippen LogP contribution in [0.25, 0.3) is 22.3 Å². The second kappa shape index (κ2) is 10.00. The van der Waals surface area contributed by atoms with Crippen LogP contribution < -0.4 is 5.73 Å². The van der Waals surface area contributed by atoms with E-state index < -0.39 is 18.1 Å². The summed E-state index contributed by atoms with van der Waals surface area (Å²) in [6, 6.07) is 12.7. The number of fused-ring (bicyclic) bond motifs is 1. The van der Waals surface area contributed by atoms with Crippen LogP contribution in [-0.4, -0.2) is 36.3 Å². The summed E-state index contributed by atoms with van der Waals surface area (Å²) in [6.45, 7) is 0. The predicted molar refractivity (Wildman–Crippen MR) is 130 cm³/mol. The molecule has 10 heteroatoms. The Morgan fingerprint density at radius 3 is 2.67 bits per heavy atom. The SMILES string of the molecule is N#CC[C@H](C1CCCC1)n1cc(-c2ncnc3c2ccn3C(=O)[C@@H](OC(N)=O)c2ccccc2)cn1. The van der Waals surface area contributed by atoms with Crippen molar-refractivity contribution in [3.05, 3.63) is 66.9 Å². The second-order valence-corrected chi connectivity index (χ2v) is 8.89. The number of benzene rings is 1. The number of primary amides is 1. The molecule has 2 atom stereocenters. The largest absolute Gasteiger partial charge is 0.431 e. The zero-order chi connectivity index (χ0) is 25.1. The van der Waals surface area contributed by atoms with Crippen molar-refractivity contribution in [1.29, 1.82) is 5.26 Å². The van der Waals surface area contributed by atoms with E-state index in [4.69, 9.17) is 10.5 Å². The predicted octanol–water partition coefficient (Wildman–Crippen LogP) is 4.42. The minimum atomic E-state index is -1.22. The third kappa shape index (κ3) is 4.43. The molecule has 182 valence electrons. The first-order chi connectivity index (χ1) is 17.6. The number of carbonyl (C=O) groups excluding carboxylic acids is 2. The molecule has 1 saturated carbocycles. The summed E-state index contributed by atoms with van der Waals surface area (Å²) < 4.78 is 8.38. The first kappa shape index (κ1) is 23.2. The van der Waals surface area contributed by atoms with E-state index >= 15 is 0 Å². The van der Waals surface area contributed by atoms with Crippen molar-refractivity contribution in [2.24, 2.45) is 11.7 Å². The Morgan fingerprint density at radius 2 is 1.94 bits per heavy atom. The lowest BCUT2D eigenvalue weighted by Gasteiger charge is -2.21. The Bertz CT molecular complexity index is 1430. The van der Waals surface area contributed by atoms with Gasteiger partial charge in [0.05, 0.1) is 30.4 Å². The van der Waals surface area contributed by atoms with E-state index in [9.17, 15) is 14.9 Å². The van der Waals surface area contributed by atoms with Crippen LogP contribution in [0.5, 0.6) is 0 Å². The summed E-state index contributed by atoms with van der Waals surface area (Å²) >= 11 is 0. The van der Waals surface area contributed by atoms with Gasteiger partial charge >= 0.3 is 6.09 Å². The average Bonchev–Trinajstić information content (AvgIpc) is 3.66. The number of nitrogens with zero attached hydrogens (tertiary/aromatic N) is 6. The molecule has 3 aromatic heterocycles. The summed E-state index contributed by atoms with van der Waals surface area (Å²) in [5.74, 6) is -0.0765. The van der Waals surface area contributed by atoms with E-state index in [1.54, 1.807) is 48.8 Å². The first-order valence-electron chi connectivity index (χ1n) is 11.9. The summed E-state index contributed by atoms with van der Waals surface area (Å²) in [6.07, 6.45) is 9.27. The van der Waals surface area contributed by atoms with Crippen LogP contribution in [0.4, 0.5) is 4.79 Å². The van der Waals surface area contributed by atoms with E-state index in [-0.39, 0.29) is 6.04 Å². The van der Waals surface area contributed by atoms with Crippen molar-refractivity contribution in [3.63, 3.8) is 0 Å². The topological polar surface area (TPSA) is 142 Å². The molecule has 0 bridgehead atoms. The van der Waals surface area contributed by atoms with Gasteiger partial charge in [0.1, 0.15) is 6.33 Å². The Hall–Kier alpha value is -4.52. The first-order valence-corrected chi connectivity index (χ1v) is 11.9. The van der Waals surface area contributed by atoms with Crippen LogP contribution in [0.3, 0.4) is 0 Å². The monoisotopic (exact) mass is 483 g/mol. The lowest BCUT2D eigenvalue weighted by molar-refractivity contribution is 0.0574. The van der Waals surface area contributed by atoms with Gasteiger partial charge < -0.3 is 10.5 Å². The normalized spacial score (nSPS) is 15.4. The summed E-state index contributed by atoms with van der Waals surface area (Å²) in [5, 5.41) is 14.6. The smallest absolute Gasteiger partial charge is 0.405 e. The molecule has 0 radical (unpaired) electrons. The molecule has 0 spiro atoms. The maximum absolute atomic E-state index is 13.4. The van der Waals surface area contributed by atoms with Gasteiger partial charge in [0.25, 0.3) is 5.91 Å². The minimum Gasteiger partial charge on any atom is -0.431 e. The van der Waals surface area contributed by atoms with Gasteiger partial charge in [-0.25, -0.2) is 14.8 Å². The molecule has 36 heavy (non-hydrogen) atoms. The number of ether oxygens (including phenoxy) is 1. The molecule has 0 aliphatic heterocycles. The molecule has 10 nitrogen and oxygen atoms in total. The zero-order valence-corrected chi connectivity index (χ0v) is 19.5. The van der Waals surface area contributed by atoms with Crippen LogP contribution in [-0.2, 0) is 4.74 Å². The highest BCUT2D eigenvalue weighted by atomic mass is 16.6. The lowest BCUT2D eigenvalue weighted by atomic mass is 9.96. The number of carbonyl (C=O) groups is 2. The van der Waals surface area contributed by atoms with Crippen LogP contribution >= 0.6 is 0 Å². The van der Waals surface area contributed by atoms with Gasteiger partial charge in [-0.3, -0.25) is 14.0 Å². The maximum atomic E-state index is 13.4. The minimum absolute atomic E-state index is 0.0207. The van der Waals surface area contributed by atoms with Gasteiger partial charge in [-0.2, -0.15) is 10.4 Å².